The van der Waals surface area contributed by atoms with E-state index in [1.807, 2.05) is 26.2 Å². The second-order valence-corrected chi connectivity index (χ2v) is 5.38. The van der Waals surface area contributed by atoms with Gasteiger partial charge in [-0.15, -0.1) is 0 Å². The summed E-state index contributed by atoms with van der Waals surface area (Å²) in [5, 5.41) is 4.16. The zero-order valence-electron chi connectivity index (χ0n) is 11.6. The Morgan fingerprint density at radius 3 is 2.74 bits per heavy atom. The van der Waals surface area contributed by atoms with Gasteiger partial charge in [0.15, 0.2) is 5.16 Å². The first kappa shape index (κ1) is 14.0. The second-order valence-electron chi connectivity index (χ2n) is 4.37. The molecule has 4 heteroatoms. The van der Waals surface area contributed by atoms with E-state index in [0.29, 0.717) is 6.04 Å². The summed E-state index contributed by atoms with van der Waals surface area (Å²) >= 11 is 1.63. The van der Waals surface area contributed by atoms with E-state index < -0.39 is 0 Å². The molecule has 0 aliphatic heterocycles. The number of aromatic nitrogens is 2. The molecule has 0 aliphatic carbocycles. The smallest absolute Gasteiger partial charge is 0.192 e. The topological polar surface area (TPSA) is 37.8 Å². The molecule has 3 nitrogen and oxygen atoms in total. The minimum atomic E-state index is 0.369. The van der Waals surface area contributed by atoms with Crippen LogP contribution in [-0.2, 0) is 0 Å². The molecule has 0 bridgehead atoms. The van der Waals surface area contributed by atoms with Gasteiger partial charge in [0.2, 0.25) is 0 Å². The van der Waals surface area contributed by atoms with E-state index >= 15 is 0 Å². The van der Waals surface area contributed by atoms with Gasteiger partial charge in [0.05, 0.1) is 0 Å². The third kappa shape index (κ3) is 3.55. The Labute approximate surface area is 118 Å². The van der Waals surface area contributed by atoms with Gasteiger partial charge < -0.3 is 5.32 Å². The summed E-state index contributed by atoms with van der Waals surface area (Å²) in [6, 6.07) is 10.7. The lowest BCUT2D eigenvalue weighted by Gasteiger charge is -2.17. The molecule has 0 spiro atoms. The van der Waals surface area contributed by atoms with Crippen molar-refractivity contribution in [1.29, 1.82) is 0 Å². The van der Waals surface area contributed by atoms with Crippen molar-refractivity contribution in [2.45, 2.75) is 36.4 Å². The van der Waals surface area contributed by atoms with Gasteiger partial charge in [-0.3, -0.25) is 0 Å². The highest BCUT2D eigenvalue weighted by molar-refractivity contribution is 7.99. The second kappa shape index (κ2) is 6.68. The van der Waals surface area contributed by atoms with Crippen LogP contribution in [0.1, 0.15) is 30.6 Å². The molecule has 1 aromatic heterocycles. The lowest BCUT2D eigenvalue weighted by molar-refractivity contribution is 0.568. The average molecular weight is 273 g/mol. The Balaban J connectivity index is 2.30. The van der Waals surface area contributed by atoms with E-state index in [4.69, 9.17) is 0 Å². The molecule has 0 amide bonds. The third-order valence-electron chi connectivity index (χ3n) is 3.03. The van der Waals surface area contributed by atoms with Crippen molar-refractivity contribution in [2.24, 2.45) is 0 Å². The van der Waals surface area contributed by atoms with Gasteiger partial charge in [-0.05, 0) is 49.9 Å². The molecule has 19 heavy (non-hydrogen) atoms. The molecule has 1 N–H and O–H groups in total. The summed E-state index contributed by atoms with van der Waals surface area (Å²) in [6.07, 6.45) is 2.87. The number of nitrogens with one attached hydrogen (secondary N) is 1. The van der Waals surface area contributed by atoms with Crippen molar-refractivity contribution < 1.29 is 0 Å². The molecule has 0 fully saturated rings. The fourth-order valence-electron chi connectivity index (χ4n) is 2.01. The van der Waals surface area contributed by atoms with E-state index in [1.54, 1.807) is 11.8 Å². The molecule has 2 aromatic rings. The molecular formula is C15H19N3S. The van der Waals surface area contributed by atoms with Crippen LogP contribution in [0.5, 0.6) is 0 Å². The van der Waals surface area contributed by atoms with Crippen LogP contribution >= 0.6 is 11.8 Å². The number of hydrogen-bond donors (Lipinski definition) is 1. The van der Waals surface area contributed by atoms with Gasteiger partial charge in [-0.1, -0.05) is 25.1 Å². The normalized spacial score (nSPS) is 12.4. The SMILES string of the molecule is CCC(NC)c1ccccc1Sc1nccc(C)n1. The number of aryl methyl sites for hydroxylation is 1. The molecule has 0 aliphatic rings. The van der Waals surface area contributed by atoms with E-state index in [9.17, 15) is 0 Å². The fourth-order valence-corrected chi connectivity index (χ4v) is 2.99. The number of benzene rings is 1. The molecule has 1 unspecified atom stereocenters. The summed E-state index contributed by atoms with van der Waals surface area (Å²) in [6.45, 7) is 4.17. The van der Waals surface area contributed by atoms with E-state index in [-0.39, 0.29) is 0 Å². The molecule has 0 radical (unpaired) electrons. The molecule has 2 rings (SSSR count). The lowest BCUT2D eigenvalue weighted by atomic mass is 10.1. The van der Waals surface area contributed by atoms with Crippen LogP contribution in [-0.4, -0.2) is 17.0 Å². The summed E-state index contributed by atoms with van der Waals surface area (Å²) in [5.41, 5.74) is 2.30. The van der Waals surface area contributed by atoms with Gasteiger partial charge in [-0.2, -0.15) is 0 Å². The maximum atomic E-state index is 4.45. The standard InChI is InChI=1S/C15H19N3S/c1-4-13(16-3)12-7-5-6-8-14(12)19-15-17-10-9-11(2)18-15/h5-10,13,16H,4H2,1-3H3. The van der Waals surface area contributed by atoms with Crippen LogP contribution in [0, 0.1) is 6.92 Å². The molecule has 100 valence electrons. The zero-order valence-corrected chi connectivity index (χ0v) is 12.4. The van der Waals surface area contributed by atoms with Gasteiger partial charge in [0.1, 0.15) is 0 Å². The predicted molar refractivity (Wildman–Crippen MR) is 79.4 cm³/mol. The van der Waals surface area contributed by atoms with E-state index in [0.717, 1.165) is 17.3 Å². The van der Waals surface area contributed by atoms with E-state index in [2.05, 4.69) is 46.5 Å². The first-order valence-electron chi connectivity index (χ1n) is 6.48. The fraction of sp³-hybridized carbons (Fsp3) is 0.333. The summed E-state index contributed by atoms with van der Waals surface area (Å²) in [7, 11) is 2.00. The number of rotatable bonds is 5. The molecule has 0 saturated carbocycles. The van der Waals surface area contributed by atoms with Crippen molar-refractivity contribution in [2.75, 3.05) is 7.05 Å². The monoisotopic (exact) mass is 273 g/mol. The molecular weight excluding hydrogens is 254 g/mol. The molecule has 1 aromatic carbocycles. The van der Waals surface area contributed by atoms with Crippen molar-refractivity contribution in [3.63, 3.8) is 0 Å². The Bertz CT molecular complexity index is 538. The quantitative estimate of drug-likeness (QED) is 0.845. The largest absolute Gasteiger partial charge is 0.313 e. The summed E-state index contributed by atoms with van der Waals surface area (Å²) < 4.78 is 0. The average Bonchev–Trinajstić information content (AvgIpc) is 2.42. The molecule has 0 saturated heterocycles. The van der Waals surface area contributed by atoms with Gasteiger partial charge in [-0.25, -0.2) is 9.97 Å². The third-order valence-corrected chi connectivity index (χ3v) is 4.00. The van der Waals surface area contributed by atoms with Crippen LogP contribution in [0.25, 0.3) is 0 Å². The maximum absolute atomic E-state index is 4.45. The number of hydrogen-bond acceptors (Lipinski definition) is 4. The van der Waals surface area contributed by atoms with Crippen molar-refractivity contribution in [1.82, 2.24) is 15.3 Å². The first-order chi connectivity index (χ1) is 9.24. The van der Waals surface area contributed by atoms with Gasteiger partial charge in [0.25, 0.3) is 0 Å². The van der Waals surface area contributed by atoms with Crippen LogP contribution in [0.2, 0.25) is 0 Å². The predicted octanol–water partition coefficient (Wildman–Crippen LogP) is 3.61. The highest BCUT2D eigenvalue weighted by Crippen LogP contribution is 2.32. The Morgan fingerprint density at radius 2 is 2.05 bits per heavy atom. The lowest BCUT2D eigenvalue weighted by Crippen LogP contribution is -2.15. The number of nitrogens with zero attached hydrogens (tertiary/aromatic N) is 2. The Hall–Kier alpha value is -1.39. The van der Waals surface area contributed by atoms with Crippen molar-refractivity contribution in [3.05, 3.63) is 47.8 Å². The Morgan fingerprint density at radius 1 is 1.26 bits per heavy atom. The highest BCUT2D eigenvalue weighted by Gasteiger charge is 2.12. The van der Waals surface area contributed by atoms with Crippen LogP contribution in [0.3, 0.4) is 0 Å². The van der Waals surface area contributed by atoms with Crippen molar-refractivity contribution in [3.8, 4) is 0 Å². The zero-order chi connectivity index (χ0) is 13.7. The minimum Gasteiger partial charge on any atom is -0.313 e. The molecule has 1 heterocycles. The highest BCUT2D eigenvalue weighted by atomic mass is 32.2. The van der Waals surface area contributed by atoms with Crippen LogP contribution in [0.15, 0.2) is 46.6 Å². The summed E-state index contributed by atoms with van der Waals surface area (Å²) in [4.78, 5) is 9.99. The first-order valence-corrected chi connectivity index (χ1v) is 7.30. The Kier molecular flexibility index (Phi) is 4.93. The summed E-state index contributed by atoms with van der Waals surface area (Å²) in [5.74, 6) is 0. The van der Waals surface area contributed by atoms with Crippen LogP contribution < -0.4 is 5.32 Å². The van der Waals surface area contributed by atoms with Gasteiger partial charge >= 0.3 is 0 Å². The van der Waals surface area contributed by atoms with Crippen molar-refractivity contribution >= 4 is 11.8 Å². The maximum Gasteiger partial charge on any atom is 0.192 e. The van der Waals surface area contributed by atoms with Gasteiger partial charge in [0, 0.05) is 22.8 Å². The molecule has 1 atom stereocenters. The minimum absolute atomic E-state index is 0.369. The van der Waals surface area contributed by atoms with Crippen LogP contribution in [0.4, 0.5) is 0 Å². The van der Waals surface area contributed by atoms with E-state index in [1.165, 1.54) is 10.5 Å².